The summed E-state index contributed by atoms with van der Waals surface area (Å²) in [5.74, 6) is 0.527. The maximum Gasteiger partial charge on any atom is 0.125 e. The molecule has 1 aromatic heterocycles. The molecule has 15 heavy (non-hydrogen) atoms. The Morgan fingerprint density at radius 3 is 2.60 bits per heavy atom. The van der Waals surface area contributed by atoms with Crippen LogP contribution >= 0.6 is 22.9 Å². The zero-order valence-electron chi connectivity index (χ0n) is 8.70. The topological polar surface area (TPSA) is 12.9 Å². The van der Waals surface area contributed by atoms with Gasteiger partial charge in [-0.3, -0.25) is 0 Å². The minimum absolute atomic E-state index is 0.527. The van der Waals surface area contributed by atoms with Gasteiger partial charge in [-0.1, -0.05) is 43.6 Å². The van der Waals surface area contributed by atoms with E-state index in [4.69, 9.17) is 11.6 Å². The van der Waals surface area contributed by atoms with Crippen LogP contribution < -0.4 is 0 Å². The van der Waals surface area contributed by atoms with E-state index in [-0.39, 0.29) is 0 Å². The summed E-state index contributed by atoms with van der Waals surface area (Å²) in [6.45, 7) is 4.34. The number of hydrogen-bond acceptors (Lipinski definition) is 2. The van der Waals surface area contributed by atoms with Crippen LogP contribution in [0.25, 0.3) is 10.6 Å². The first-order chi connectivity index (χ1) is 7.18. The maximum atomic E-state index is 6.11. The van der Waals surface area contributed by atoms with Crippen molar-refractivity contribution in [1.29, 1.82) is 0 Å². The molecule has 78 valence electrons. The van der Waals surface area contributed by atoms with Crippen LogP contribution in [0.15, 0.2) is 30.5 Å². The van der Waals surface area contributed by atoms with Crippen molar-refractivity contribution < 1.29 is 0 Å². The number of aromatic nitrogens is 1. The van der Waals surface area contributed by atoms with E-state index in [2.05, 4.69) is 18.8 Å². The van der Waals surface area contributed by atoms with Crippen molar-refractivity contribution in [1.82, 2.24) is 4.98 Å². The molecule has 0 atom stereocenters. The average Bonchev–Trinajstić information content (AvgIpc) is 2.67. The van der Waals surface area contributed by atoms with Gasteiger partial charge in [0.05, 0.1) is 5.02 Å². The van der Waals surface area contributed by atoms with E-state index < -0.39 is 0 Å². The summed E-state index contributed by atoms with van der Waals surface area (Å²) in [4.78, 5) is 5.70. The Labute approximate surface area is 98.7 Å². The van der Waals surface area contributed by atoms with Crippen LogP contribution in [0.5, 0.6) is 0 Å². The predicted molar refractivity (Wildman–Crippen MR) is 66.6 cm³/mol. The molecule has 3 heteroatoms. The largest absolute Gasteiger partial charge is 0.244 e. The van der Waals surface area contributed by atoms with Crippen LogP contribution in [0.2, 0.25) is 5.02 Å². The molecule has 0 saturated carbocycles. The van der Waals surface area contributed by atoms with E-state index in [0.29, 0.717) is 5.92 Å². The normalized spacial score (nSPS) is 10.9. The van der Waals surface area contributed by atoms with Crippen molar-refractivity contribution in [2.45, 2.75) is 19.8 Å². The molecule has 1 heterocycles. The number of hydrogen-bond donors (Lipinski definition) is 0. The van der Waals surface area contributed by atoms with Gasteiger partial charge in [0.25, 0.3) is 0 Å². The molecule has 0 spiro atoms. The number of thiazole rings is 1. The van der Waals surface area contributed by atoms with Crippen molar-refractivity contribution in [3.05, 3.63) is 40.4 Å². The van der Waals surface area contributed by atoms with Crippen molar-refractivity contribution in [2.24, 2.45) is 0 Å². The Morgan fingerprint density at radius 1 is 1.27 bits per heavy atom. The number of rotatable bonds is 2. The second kappa shape index (κ2) is 4.33. The molecule has 0 unspecified atom stereocenters. The van der Waals surface area contributed by atoms with Gasteiger partial charge >= 0.3 is 0 Å². The van der Waals surface area contributed by atoms with E-state index in [1.807, 2.05) is 30.5 Å². The van der Waals surface area contributed by atoms with Crippen molar-refractivity contribution in [2.75, 3.05) is 0 Å². The molecule has 0 bridgehead atoms. The molecule has 0 N–H and O–H groups in total. The van der Waals surface area contributed by atoms with Gasteiger partial charge in [0, 0.05) is 16.6 Å². The standard InChI is InChI=1S/C12H12ClNS/c1-8(2)11-7-14-12(15-11)9-5-3-4-6-10(9)13/h3-8H,1-2H3. The number of benzene rings is 1. The SMILES string of the molecule is CC(C)c1cnc(-c2ccccc2Cl)s1. The average molecular weight is 238 g/mol. The third-order valence-electron chi connectivity index (χ3n) is 2.20. The Bertz CT molecular complexity index is 462. The van der Waals surface area contributed by atoms with E-state index >= 15 is 0 Å². The predicted octanol–water partition coefficient (Wildman–Crippen LogP) is 4.59. The van der Waals surface area contributed by atoms with Gasteiger partial charge < -0.3 is 0 Å². The highest BCUT2D eigenvalue weighted by Gasteiger charge is 2.09. The summed E-state index contributed by atoms with van der Waals surface area (Å²) in [5.41, 5.74) is 1.02. The van der Waals surface area contributed by atoms with Gasteiger partial charge in [0.2, 0.25) is 0 Å². The molecule has 1 aromatic carbocycles. The summed E-state index contributed by atoms with van der Waals surface area (Å²) in [7, 11) is 0. The van der Waals surface area contributed by atoms with Crippen LogP contribution in [-0.4, -0.2) is 4.98 Å². The Balaban J connectivity index is 2.42. The smallest absolute Gasteiger partial charge is 0.125 e. The lowest BCUT2D eigenvalue weighted by Crippen LogP contribution is -1.77. The third-order valence-corrected chi connectivity index (χ3v) is 3.86. The zero-order chi connectivity index (χ0) is 10.8. The molecule has 1 nitrogen and oxygen atoms in total. The first-order valence-corrected chi connectivity index (χ1v) is 6.08. The fourth-order valence-electron chi connectivity index (χ4n) is 1.31. The monoisotopic (exact) mass is 237 g/mol. The zero-order valence-corrected chi connectivity index (χ0v) is 10.3. The lowest BCUT2D eigenvalue weighted by molar-refractivity contribution is 0.885. The minimum atomic E-state index is 0.527. The first kappa shape index (κ1) is 10.7. The van der Waals surface area contributed by atoms with E-state index in [1.54, 1.807) is 11.3 Å². The van der Waals surface area contributed by atoms with Gasteiger partial charge in [-0.25, -0.2) is 4.98 Å². The van der Waals surface area contributed by atoms with Gasteiger partial charge in [0.1, 0.15) is 5.01 Å². The fourth-order valence-corrected chi connectivity index (χ4v) is 2.55. The molecule has 0 saturated heterocycles. The van der Waals surface area contributed by atoms with Crippen molar-refractivity contribution >= 4 is 22.9 Å². The van der Waals surface area contributed by atoms with Crippen LogP contribution in [0.4, 0.5) is 0 Å². The number of nitrogens with zero attached hydrogens (tertiary/aromatic N) is 1. The Kier molecular flexibility index (Phi) is 3.08. The summed E-state index contributed by atoms with van der Waals surface area (Å²) in [5, 5.41) is 1.77. The fraction of sp³-hybridized carbons (Fsp3) is 0.250. The summed E-state index contributed by atoms with van der Waals surface area (Å²) < 4.78 is 0. The summed E-state index contributed by atoms with van der Waals surface area (Å²) in [6.07, 6.45) is 1.94. The first-order valence-electron chi connectivity index (χ1n) is 4.89. The van der Waals surface area contributed by atoms with Crippen molar-refractivity contribution in [3.8, 4) is 10.6 Å². The van der Waals surface area contributed by atoms with Crippen LogP contribution in [0.1, 0.15) is 24.6 Å². The summed E-state index contributed by atoms with van der Waals surface area (Å²) in [6, 6.07) is 7.82. The van der Waals surface area contributed by atoms with Crippen molar-refractivity contribution in [3.63, 3.8) is 0 Å². The molecule has 0 aliphatic rings. The van der Waals surface area contributed by atoms with Gasteiger partial charge in [-0.15, -0.1) is 11.3 Å². The molecule has 0 aliphatic heterocycles. The quantitative estimate of drug-likeness (QED) is 0.745. The molecule has 0 fully saturated rings. The van der Waals surface area contributed by atoms with E-state index in [0.717, 1.165) is 15.6 Å². The van der Waals surface area contributed by atoms with Crippen LogP contribution in [0.3, 0.4) is 0 Å². The highest BCUT2D eigenvalue weighted by atomic mass is 35.5. The Hall–Kier alpha value is -0.860. The van der Waals surface area contributed by atoms with Gasteiger partial charge in [-0.2, -0.15) is 0 Å². The highest BCUT2D eigenvalue weighted by molar-refractivity contribution is 7.15. The second-order valence-corrected chi connectivity index (χ2v) is 5.17. The second-order valence-electron chi connectivity index (χ2n) is 3.70. The molecule has 0 aliphatic carbocycles. The van der Waals surface area contributed by atoms with Gasteiger partial charge in [-0.05, 0) is 12.0 Å². The minimum Gasteiger partial charge on any atom is -0.244 e. The maximum absolute atomic E-state index is 6.11. The third kappa shape index (κ3) is 2.21. The Morgan fingerprint density at radius 2 is 2.00 bits per heavy atom. The molecule has 0 radical (unpaired) electrons. The van der Waals surface area contributed by atoms with Gasteiger partial charge in [0.15, 0.2) is 0 Å². The van der Waals surface area contributed by atoms with Crippen LogP contribution in [-0.2, 0) is 0 Å². The lowest BCUT2D eigenvalue weighted by atomic mass is 10.2. The summed E-state index contributed by atoms with van der Waals surface area (Å²) >= 11 is 7.83. The van der Waals surface area contributed by atoms with E-state index in [1.165, 1.54) is 4.88 Å². The molecule has 2 aromatic rings. The lowest BCUT2D eigenvalue weighted by Gasteiger charge is -1.99. The molecular weight excluding hydrogens is 226 g/mol. The van der Waals surface area contributed by atoms with E-state index in [9.17, 15) is 0 Å². The molecular formula is C12H12ClNS. The number of halogens is 1. The molecule has 2 rings (SSSR count). The van der Waals surface area contributed by atoms with Crippen LogP contribution in [0, 0.1) is 0 Å². The highest BCUT2D eigenvalue weighted by Crippen LogP contribution is 2.33. The molecule has 0 amide bonds.